The third kappa shape index (κ3) is 2.74. The quantitative estimate of drug-likeness (QED) is 0.778. The molecule has 0 aromatic heterocycles. The number of rotatable bonds is 5. The Morgan fingerprint density at radius 2 is 1.50 bits per heavy atom. The van der Waals surface area contributed by atoms with E-state index in [4.69, 9.17) is 14.2 Å². The minimum atomic E-state index is -0.0533. The molecule has 0 bridgehead atoms. The van der Waals surface area contributed by atoms with E-state index in [0.717, 1.165) is 0 Å². The smallest absolute Gasteiger partial charge is 0.203 e. The molecule has 0 fully saturated rings. The van der Waals surface area contributed by atoms with E-state index < -0.39 is 0 Å². The summed E-state index contributed by atoms with van der Waals surface area (Å²) < 4.78 is 16.3. The summed E-state index contributed by atoms with van der Waals surface area (Å²) in [4.78, 5) is 11.6. The van der Waals surface area contributed by atoms with Crippen LogP contribution in [0.4, 0.5) is 0 Å². The van der Waals surface area contributed by atoms with Gasteiger partial charge in [0.2, 0.25) is 5.75 Å². The summed E-state index contributed by atoms with van der Waals surface area (Å²) in [6, 6.07) is 12.4. The van der Waals surface area contributed by atoms with Gasteiger partial charge in [-0.3, -0.25) is 4.79 Å². The summed E-state index contributed by atoms with van der Waals surface area (Å²) in [5.74, 6) is 2.01. The maximum absolute atomic E-state index is 11.6. The summed E-state index contributed by atoms with van der Waals surface area (Å²) in [6.45, 7) is 1.50. The highest BCUT2D eigenvalue weighted by molar-refractivity contribution is 5.96. The Balaban J connectivity index is 2.43. The number of Topliss-reactive ketones (excluding diaryl/α,β-unsaturated/α-hetero) is 1. The zero-order chi connectivity index (χ0) is 14.5. The zero-order valence-electron chi connectivity index (χ0n) is 11.7. The summed E-state index contributed by atoms with van der Waals surface area (Å²) in [7, 11) is 3.10. The van der Waals surface area contributed by atoms with Gasteiger partial charge in [-0.2, -0.15) is 0 Å². The molecule has 0 N–H and O–H groups in total. The molecule has 0 spiro atoms. The van der Waals surface area contributed by atoms with E-state index in [0.29, 0.717) is 28.6 Å². The van der Waals surface area contributed by atoms with Gasteiger partial charge in [0.25, 0.3) is 0 Å². The predicted molar refractivity (Wildman–Crippen MR) is 76.1 cm³/mol. The van der Waals surface area contributed by atoms with Crippen LogP contribution in [0, 0.1) is 0 Å². The summed E-state index contributed by atoms with van der Waals surface area (Å²) >= 11 is 0. The van der Waals surface area contributed by atoms with Crippen molar-refractivity contribution in [2.45, 2.75) is 6.92 Å². The molecule has 0 saturated carbocycles. The molecular formula is C16H16O4. The van der Waals surface area contributed by atoms with Gasteiger partial charge in [-0.15, -0.1) is 0 Å². The predicted octanol–water partition coefficient (Wildman–Crippen LogP) is 3.70. The molecule has 0 aliphatic carbocycles. The second-order valence-electron chi connectivity index (χ2n) is 4.15. The number of hydrogen-bond donors (Lipinski definition) is 0. The molecule has 0 heterocycles. The molecule has 104 valence electrons. The first-order valence-corrected chi connectivity index (χ1v) is 6.16. The van der Waals surface area contributed by atoms with Crippen LogP contribution in [0.25, 0.3) is 0 Å². The van der Waals surface area contributed by atoms with Gasteiger partial charge < -0.3 is 14.2 Å². The van der Waals surface area contributed by atoms with Gasteiger partial charge >= 0.3 is 0 Å². The molecule has 0 aliphatic rings. The van der Waals surface area contributed by atoms with Gasteiger partial charge in [0.05, 0.1) is 19.8 Å². The molecule has 2 aromatic rings. The average Bonchev–Trinajstić information content (AvgIpc) is 2.47. The molecule has 0 radical (unpaired) electrons. The monoisotopic (exact) mass is 272 g/mol. The highest BCUT2D eigenvalue weighted by Gasteiger charge is 2.14. The number of carbonyl (C=O) groups is 1. The lowest BCUT2D eigenvalue weighted by Gasteiger charge is -2.14. The third-order valence-corrected chi connectivity index (χ3v) is 2.85. The van der Waals surface area contributed by atoms with Crippen molar-refractivity contribution in [2.75, 3.05) is 14.2 Å². The van der Waals surface area contributed by atoms with E-state index in [1.807, 2.05) is 6.07 Å². The fourth-order valence-electron chi connectivity index (χ4n) is 1.90. The molecule has 0 unspecified atom stereocenters. The van der Waals surface area contributed by atoms with E-state index >= 15 is 0 Å². The lowest BCUT2D eigenvalue weighted by atomic mass is 10.1. The Hall–Kier alpha value is -2.49. The van der Waals surface area contributed by atoms with Crippen LogP contribution >= 0.6 is 0 Å². The summed E-state index contributed by atoms with van der Waals surface area (Å²) in [5.41, 5.74) is 0.525. The molecule has 20 heavy (non-hydrogen) atoms. The topological polar surface area (TPSA) is 44.8 Å². The van der Waals surface area contributed by atoms with Gasteiger partial charge in [-0.05, 0) is 31.2 Å². The Labute approximate surface area is 117 Å². The molecule has 0 aliphatic heterocycles. The van der Waals surface area contributed by atoms with E-state index in [2.05, 4.69) is 0 Å². The third-order valence-electron chi connectivity index (χ3n) is 2.85. The van der Waals surface area contributed by atoms with E-state index in [1.165, 1.54) is 6.92 Å². The van der Waals surface area contributed by atoms with Gasteiger partial charge in [0, 0.05) is 0 Å². The van der Waals surface area contributed by atoms with Gasteiger partial charge in [-0.25, -0.2) is 0 Å². The minimum absolute atomic E-state index is 0.0533. The lowest BCUT2D eigenvalue weighted by Crippen LogP contribution is -1.98. The van der Waals surface area contributed by atoms with Crippen LogP contribution in [0.1, 0.15) is 17.3 Å². The van der Waals surface area contributed by atoms with Crippen LogP contribution in [-0.4, -0.2) is 20.0 Å². The summed E-state index contributed by atoms with van der Waals surface area (Å²) in [5, 5.41) is 0. The van der Waals surface area contributed by atoms with Crippen molar-refractivity contribution in [2.24, 2.45) is 0 Å². The molecule has 0 atom stereocenters. The molecular weight excluding hydrogens is 256 g/mol. The minimum Gasteiger partial charge on any atom is -0.493 e. The first-order valence-electron chi connectivity index (χ1n) is 6.16. The number of ether oxygens (including phenoxy) is 3. The van der Waals surface area contributed by atoms with Crippen molar-refractivity contribution >= 4 is 5.78 Å². The Bertz CT molecular complexity index is 620. The summed E-state index contributed by atoms with van der Waals surface area (Å²) in [6.07, 6.45) is 0. The fourth-order valence-corrected chi connectivity index (χ4v) is 1.90. The van der Waals surface area contributed by atoms with Crippen molar-refractivity contribution in [3.63, 3.8) is 0 Å². The van der Waals surface area contributed by atoms with Crippen molar-refractivity contribution in [1.29, 1.82) is 0 Å². The molecule has 2 rings (SSSR count). The average molecular weight is 272 g/mol. The van der Waals surface area contributed by atoms with Crippen molar-refractivity contribution < 1.29 is 19.0 Å². The molecule has 2 aromatic carbocycles. The van der Waals surface area contributed by atoms with Gasteiger partial charge in [0.1, 0.15) is 5.75 Å². The Morgan fingerprint density at radius 3 is 2.15 bits per heavy atom. The maximum Gasteiger partial charge on any atom is 0.203 e. The SMILES string of the molecule is COc1cccc(Oc2ccccc2C(C)=O)c1OC. The largest absolute Gasteiger partial charge is 0.493 e. The second kappa shape index (κ2) is 6.10. The first kappa shape index (κ1) is 13.9. The van der Waals surface area contributed by atoms with Crippen LogP contribution in [0.15, 0.2) is 42.5 Å². The number of ketones is 1. The van der Waals surface area contributed by atoms with Crippen molar-refractivity contribution in [3.05, 3.63) is 48.0 Å². The molecule has 0 amide bonds. The number of hydrogen-bond acceptors (Lipinski definition) is 4. The second-order valence-corrected chi connectivity index (χ2v) is 4.15. The number of para-hydroxylation sites is 2. The van der Waals surface area contributed by atoms with Crippen molar-refractivity contribution in [1.82, 2.24) is 0 Å². The Kier molecular flexibility index (Phi) is 4.25. The van der Waals surface area contributed by atoms with Crippen LogP contribution in [-0.2, 0) is 0 Å². The van der Waals surface area contributed by atoms with Crippen LogP contribution in [0.5, 0.6) is 23.0 Å². The van der Waals surface area contributed by atoms with Crippen LogP contribution < -0.4 is 14.2 Å². The Morgan fingerprint density at radius 1 is 0.850 bits per heavy atom. The maximum atomic E-state index is 11.6. The van der Waals surface area contributed by atoms with Crippen LogP contribution in [0.3, 0.4) is 0 Å². The first-order chi connectivity index (χ1) is 9.67. The fraction of sp³-hybridized carbons (Fsp3) is 0.188. The highest BCUT2D eigenvalue weighted by atomic mass is 16.5. The van der Waals surface area contributed by atoms with Crippen molar-refractivity contribution in [3.8, 4) is 23.0 Å². The van der Waals surface area contributed by atoms with Gasteiger partial charge in [0.15, 0.2) is 17.3 Å². The molecule has 4 heteroatoms. The van der Waals surface area contributed by atoms with Gasteiger partial charge in [-0.1, -0.05) is 18.2 Å². The zero-order valence-corrected chi connectivity index (χ0v) is 11.7. The standard InChI is InChI=1S/C16H16O4/c1-11(17)12-7-4-5-8-13(12)20-15-10-6-9-14(18-2)16(15)19-3/h4-10H,1-3H3. The normalized spacial score (nSPS) is 9.95. The number of benzene rings is 2. The van der Waals surface area contributed by atoms with E-state index in [-0.39, 0.29) is 5.78 Å². The number of carbonyl (C=O) groups excluding carboxylic acids is 1. The van der Waals surface area contributed by atoms with E-state index in [9.17, 15) is 4.79 Å². The lowest BCUT2D eigenvalue weighted by molar-refractivity contribution is 0.101. The number of methoxy groups -OCH3 is 2. The molecule has 4 nitrogen and oxygen atoms in total. The molecule has 0 saturated heterocycles. The van der Waals surface area contributed by atoms with E-state index in [1.54, 1.807) is 50.6 Å². The van der Waals surface area contributed by atoms with Crippen LogP contribution in [0.2, 0.25) is 0 Å². The highest BCUT2D eigenvalue weighted by Crippen LogP contribution is 2.39.